The van der Waals surface area contributed by atoms with Gasteiger partial charge in [0.25, 0.3) is 5.15 Å². The molecule has 10 heavy (non-hydrogen) atoms. The number of hydrogen-bond acceptors (Lipinski definition) is 1. The summed E-state index contributed by atoms with van der Waals surface area (Å²) < 4.78 is 1.38. The third kappa shape index (κ3) is 1.33. The lowest BCUT2D eigenvalue weighted by Crippen LogP contribution is -2.40. The Labute approximate surface area is 64.1 Å². The number of rotatable bonds is 0. The molecule has 0 N–H and O–H groups in total. The first kappa shape index (κ1) is 7.22. The Morgan fingerprint density at radius 2 is 2.30 bits per heavy atom. The molecule has 0 radical (unpaired) electrons. The van der Waals surface area contributed by atoms with Crippen molar-refractivity contribution in [3.63, 3.8) is 0 Å². The molecule has 2 nitrogen and oxygen atoms in total. The molecule has 0 aliphatic rings. The van der Waals surface area contributed by atoms with Gasteiger partial charge < -0.3 is 0 Å². The number of nitrogens with zero attached hydrogens (tertiary/aromatic N) is 1. The van der Waals surface area contributed by atoms with E-state index >= 15 is 0 Å². The van der Waals surface area contributed by atoms with Crippen LogP contribution in [0.2, 0.25) is 5.15 Å². The highest BCUT2D eigenvalue weighted by Gasteiger charge is 2.10. The van der Waals surface area contributed by atoms with Crippen LogP contribution < -0.4 is 4.57 Å². The summed E-state index contributed by atoms with van der Waals surface area (Å²) >= 11 is 5.66. The lowest BCUT2D eigenvalue weighted by Gasteiger charge is -1.88. The molecule has 1 heterocycles. The fourth-order valence-corrected chi connectivity index (χ4v) is 0.926. The minimum absolute atomic E-state index is 0.0781. The number of carbonyl (C=O) groups excluding carboxylic acids is 1. The van der Waals surface area contributed by atoms with Gasteiger partial charge in [-0.15, -0.1) is 4.57 Å². The van der Waals surface area contributed by atoms with Crippen LogP contribution in [0, 0.1) is 0 Å². The van der Waals surface area contributed by atoms with E-state index in [9.17, 15) is 4.79 Å². The molecule has 0 aliphatic carbocycles. The molecule has 1 aromatic heterocycles. The van der Waals surface area contributed by atoms with Crippen molar-refractivity contribution in [2.75, 3.05) is 0 Å². The summed E-state index contributed by atoms with van der Waals surface area (Å²) in [5.41, 5.74) is 0. The second kappa shape index (κ2) is 2.80. The van der Waals surface area contributed by atoms with Gasteiger partial charge in [-0.1, -0.05) is 0 Å². The molecule has 0 aromatic carbocycles. The Balaban J connectivity index is 3.15. The monoisotopic (exact) mass is 156 g/mol. The molecule has 0 spiro atoms. The van der Waals surface area contributed by atoms with Crippen LogP contribution in [0.25, 0.3) is 0 Å². The van der Waals surface area contributed by atoms with Crippen molar-refractivity contribution >= 4 is 17.5 Å². The topological polar surface area (TPSA) is 20.9 Å². The van der Waals surface area contributed by atoms with Crippen molar-refractivity contribution in [2.24, 2.45) is 0 Å². The molecule has 0 saturated heterocycles. The summed E-state index contributed by atoms with van der Waals surface area (Å²) in [6.45, 7) is 1.46. The zero-order chi connectivity index (χ0) is 7.56. The van der Waals surface area contributed by atoms with E-state index in [2.05, 4.69) is 0 Å². The number of carbonyl (C=O) groups is 1. The zero-order valence-electron chi connectivity index (χ0n) is 5.54. The molecule has 0 aliphatic heterocycles. The Morgan fingerprint density at radius 1 is 1.60 bits per heavy atom. The van der Waals surface area contributed by atoms with Gasteiger partial charge in [-0.2, -0.15) is 0 Å². The lowest BCUT2D eigenvalue weighted by molar-refractivity contribution is -0.570. The van der Waals surface area contributed by atoms with Crippen LogP contribution in [0.5, 0.6) is 0 Å². The van der Waals surface area contributed by atoms with Gasteiger partial charge in [0.15, 0.2) is 6.20 Å². The maximum Gasteiger partial charge on any atom is 0.390 e. The van der Waals surface area contributed by atoms with Crippen molar-refractivity contribution in [1.82, 2.24) is 0 Å². The van der Waals surface area contributed by atoms with E-state index in [1.165, 1.54) is 11.5 Å². The summed E-state index contributed by atoms with van der Waals surface area (Å²) in [5, 5.41) is 0.440. The van der Waals surface area contributed by atoms with E-state index in [0.717, 1.165) is 0 Å². The summed E-state index contributed by atoms with van der Waals surface area (Å²) in [5.74, 6) is -0.0781. The SMILES string of the molecule is CC(=O)[n+]1ccccc1Cl. The molecule has 0 fully saturated rings. The van der Waals surface area contributed by atoms with E-state index in [0.29, 0.717) is 5.15 Å². The largest absolute Gasteiger partial charge is 0.390 e. The van der Waals surface area contributed by atoms with Gasteiger partial charge >= 0.3 is 5.91 Å². The smallest absolute Gasteiger partial charge is 0.219 e. The first-order chi connectivity index (χ1) is 4.72. The zero-order valence-corrected chi connectivity index (χ0v) is 6.30. The van der Waals surface area contributed by atoms with E-state index in [1.54, 1.807) is 24.4 Å². The van der Waals surface area contributed by atoms with Crippen LogP contribution in [0.15, 0.2) is 24.4 Å². The minimum Gasteiger partial charge on any atom is -0.219 e. The lowest BCUT2D eigenvalue weighted by atomic mass is 10.5. The van der Waals surface area contributed by atoms with Gasteiger partial charge in [-0.05, 0) is 17.7 Å². The molecular weight excluding hydrogens is 150 g/mol. The van der Waals surface area contributed by atoms with E-state index in [4.69, 9.17) is 11.6 Å². The second-order valence-electron chi connectivity index (χ2n) is 1.91. The fourth-order valence-electron chi connectivity index (χ4n) is 0.678. The van der Waals surface area contributed by atoms with Crippen LogP contribution in [0.3, 0.4) is 0 Å². The van der Waals surface area contributed by atoms with Crippen molar-refractivity contribution in [1.29, 1.82) is 0 Å². The molecule has 0 bridgehead atoms. The molecule has 3 heteroatoms. The number of hydrogen-bond donors (Lipinski definition) is 0. The molecule has 1 rings (SSSR count). The first-order valence-electron chi connectivity index (χ1n) is 2.89. The number of halogens is 1. The molecule has 52 valence electrons. The fraction of sp³-hybridized carbons (Fsp3) is 0.143. The highest BCUT2D eigenvalue weighted by molar-refractivity contribution is 6.28. The average molecular weight is 157 g/mol. The average Bonchev–Trinajstić information content (AvgIpc) is 1.88. The van der Waals surface area contributed by atoms with Crippen LogP contribution in [0.1, 0.15) is 11.7 Å². The van der Waals surface area contributed by atoms with Crippen LogP contribution in [0.4, 0.5) is 0 Å². The Hall–Kier alpha value is -0.890. The molecule has 0 unspecified atom stereocenters. The normalized spacial score (nSPS) is 9.40. The van der Waals surface area contributed by atoms with Crippen molar-refractivity contribution in [2.45, 2.75) is 6.92 Å². The van der Waals surface area contributed by atoms with Gasteiger partial charge in [-0.3, -0.25) is 0 Å². The van der Waals surface area contributed by atoms with Crippen LogP contribution >= 0.6 is 11.6 Å². The van der Waals surface area contributed by atoms with Crippen molar-refractivity contribution in [3.8, 4) is 0 Å². The summed E-state index contributed by atoms with van der Waals surface area (Å²) in [6.07, 6.45) is 1.63. The maximum absolute atomic E-state index is 10.7. The maximum atomic E-state index is 10.7. The third-order valence-corrected chi connectivity index (χ3v) is 1.46. The predicted molar refractivity (Wildman–Crippen MR) is 37.9 cm³/mol. The predicted octanol–water partition coefficient (Wildman–Crippen LogP) is 1.29. The summed E-state index contributed by atoms with van der Waals surface area (Å²) in [7, 11) is 0. The van der Waals surface area contributed by atoms with E-state index in [-0.39, 0.29) is 5.91 Å². The second-order valence-corrected chi connectivity index (χ2v) is 2.30. The quantitative estimate of drug-likeness (QED) is 0.410. The Kier molecular flexibility index (Phi) is 2.02. The van der Waals surface area contributed by atoms with Gasteiger partial charge in [0.1, 0.15) is 0 Å². The van der Waals surface area contributed by atoms with Crippen molar-refractivity contribution < 1.29 is 9.36 Å². The molecule has 1 aromatic rings. The molecule has 0 atom stereocenters. The van der Waals surface area contributed by atoms with Gasteiger partial charge in [0.05, 0.1) is 6.92 Å². The van der Waals surface area contributed by atoms with Crippen molar-refractivity contribution in [3.05, 3.63) is 29.5 Å². The van der Waals surface area contributed by atoms with Gasteiger partial charge in [0.2, 0.25) is 0 Å². The van der Waals surface area contributed by atoms with Gasteiger partial charge in [-0.25, -0.2) is 4.79 Å². The third-order valence-electron chi connectivity index (χ3n) is 1.15. The van der Waals surface area contributed by atoms with Crippen LogP contribution in [-0.2, 0) is 0 Å². The first-order valence-corrected chi connectivity index (χ1v) is 3.27. The number of pyridine rings is 1. The minimum atomic E-state index is -0.0781. The van der Waals surface area contributed by atoms with E-state index < -0.39 is 0 Å². The molecule has 0 saturated carbocycles. The number of aromatic nitrogens is 1. The molecule has 0 amide bonds. The van der Waals surface area contributed by atoms with E-state index in [1.807, 2.05) is 0 Å². The van der Waals surface area contributed by atoms with Crippen LogP contribution in [-0.4, -0.2) is 5.91 Å². The standard InChI is InChI=1S/C7H7ClNO/c1-6(10)9-5-3-2-4-7(9)8/h2-5H,1H3/q+1. The Morgan fingerprint density at radius 3 is 2.70 bits per heavy atom. The van der Waals surface area contributed by atoms with Gasteiger partial charge in [0, 0.05) is 12.1 Å². The summed E-state index contributed by atoms with van der Waals surface area (Å²) in [6, 6.07) is 5.21. The molecular formula is C7H7ClNO+. The Bertz CT molecular complexity index is 260. The summed E-state index contributed by atoms with van der Waals surface area (Å²) in [4.78, 5) is 10.7. The highest BCUT2D eigenvalue weighted by atomic mass is 35.5. The highest BCUT2D eigenvalue weighted by Crippen LogP contribution is 1.97.